The Labute approximate surface area is 199 Å². The summed E-state index contributed by atoms with van der Waals surface area (Å²) in [5.41, 5.74) is 0.940. The molecule has 2 aromatic rings. The highest BCUT2D eigenvalue weighted by Gasteiger charge is 2.39. The van der Waals surface area contributed by atoms with E-state index in [0.29, 0.717) is 12.4 Å². The van der Waals surface area contributed by atoms with Crippen LogP contribution in [0.4, 0.5) is 24.8 Å². The van der Waals surface area contributed by atoms with Gasteiger partial charge in [-0.2, -0.15) is 13.2 Å². The molecule has 1 aliphatic heterocycles. The van der Waals surface area contributed by atoms with E-state index >= 15 is 0 Å². The summed E-state index contributed by atoms with van der Waals surface area (Å²) in [5.74, 6) is -0.628. The summed E-state index contributed by atoms with van der Waals surface area (Å²) in [6, 6.07) is 7.97. The summed E-state index contributed by atoms with van der Waals surface area (Å²) in [7, 11) is -1.64. The van der Waals surface area contributed by atoms with E-state index in [1.807, 2.05) is 4.90 Å². The first-order chi connectivity index (χ1) is 16.0. The second-order valence-electron chi connectivity index (χ2n) is 9.76. The number of anilines is 2. The van der Waals surface area contributed by atoms with E-state index in [0.717, 1.165) is 44.0 Å². The van der Waals surface area contributed by atoms with Gasteiger partial charge in [-0.25, -0.2) is 18.4 Å². The predicted octanol–water partition coefficient (Wildman–Crippen LogP) is 5.09. The lowest BCUT2D eigenvalue weighted by atomic mass is 9.69. The van der Waals surface area contributed by atoms with Crippen molar-refractivity contribution in [1.29, 1.82) is 0 Å². The van der Waals surface area contributed by atoms with Crippen molar-refractivity contribution in [2.75, 3.05) is 36.2 Å². The van der Waals surface area contributed by atoms with Crippen LogP contribution in [0.25, 0.3) is 0 Å². The van der Waals surface area contributed by atoms with Crippen LogP contribution in [0.5, 0.6) is 0 Å². The van der Waals surface area contributed by atoms with Crippen molar-refractivity contribution in [2.45, 2.75) is 62.6 Å². The van der Waals surface area contributed by atoms with Crippen LogP contribution in [-0.2, 0) is 22.6 Å². The molecule has 1 aromatic heterocycles. The third kappa shape index (κ3) is 5.64. The van der Waals surface area contributed by atoms with E-state index in [2.05, 4.69) is 9.97 Å². The molecule has 10 heteroatoms. The summed E-state index contributed by atoms with van der Waals surface area (Å²) >= 11 is 0. The highest BCUT2D eigenvalue weighted by molar-refractivity contribution is 7.90. The van der Waals surface area contributed by atoms with Gasteiger partial charge in [0.2, 0.25) is 5.82 Å². The lowest BCUT2D eigenvalue weighted by Crippen LogP contribution is -2.45. The van der Waals surface area contributed by atoms with Gasteiger partial charge in [0.25, 0.3) is 0 Å². The number of rotatable bonds is 5. The second kappa shape index (κ2) is 9.36. The van der Waals surface area contributed by atoms with Gasteiger partial charge < -0.3 is 9.80 Å². The van der Waals surface area contributed by atoms with Crippen molar-refractivity contribution in [3.05, 3.63) is 41.7 Å². The van der Waals surface area contributed by atoms with Gasteiger partial charge in [-0.15, -0.1) is 0 Å². The number of hydrogen-bond acceptors (Lipinski definition) is 6. The predicted molar refractivity (Wildman–Crippen MR) is 126 cm³/mol. The van der Waals surface area contributed by atoms with Crippen molar-refractivity contribution in [3.8, 4) is 0 Å². The van der Waals surface area contributed by atoms with E-state index in [4.69, 9.17) is 0 Å². The summed E-state index contributed by atoms with van der Waals surface area (Å²) in [6.07, 6.45) is 4.38. The Morgan fingerprint density at radius 3 is 2.29 bits per heavy atom. The fraction of sp³-hybridized carbons (Fsp3) is 0.583. The first-order valence-corrected chi connectivity index (χ1v) is 13.6. The molecule has 0 bridgehead atoms. The van der Waals surface area contributed by atoms with E-state index in [-0.39, 0.29) is 22.7 Å². The molecule has 1 saturated carbocycles. The van der Waals surface area contributed by atoms with Crippen LogP contribution in [0, 0.1) is 5.41 Å². The number of piperidine rings is 1. The molecule has 0 amide bonds. The highest BCUT2D eigenvalue weighted by atomic mass is 32.2. The highest BCUT2D eigenvalue weighted by Crippen LogP contribution is 2.44. The molecular formula is C24H31F3N4O2S. The number of nitrogens with zero attached hydrogens (tertiary/aromatic N) is 4. The first-order valence-electron chi connectivity index (χ1n) is 11.7. The first kappa shape index (κ1) is 24.8. The number of alkyl halides is 3. The Hall–Kier alpha value is -2.36. The molecule has 2 heterocycles. The Morgan fingerprint density at radius 1 is 1.03 bits per heavy atom. The summed E-state index contributed by atoms with van der Waals surface area (Å²) in [4.78, 5) is 11.6. The van der Waals surface area contributed by atoms with Crippen LogP contribution in [0.15, 0.2) is 35.2 Å². The molecule has 4 rings (SSSR count). The fourth-order valence-electron chi connectivity index (χ4n) is 5.22. The van der Waals surface area contributed by atoms with Crippen molar-refractivity contribution in [3.63, 3.8) is 0 Å². The maximum Gasteiger partial charge on any atom is 0.451 e. The lowest BCUT2D eigenvalue weighted by Gasteiger charge is -2.45. The summed E-state index contributed by atoms with van der Waals surface area (Å²) in [6.45, 7) is 1.70. The average Bonchev–Trinajstić information content (AvgIpc) is 2.78. The molecule has 0 atom stereocenters. The Bertz CT molecular complexity index is 1110. The molecule has 1 aromatic carbocycles. The minimum absolute atomic E-state index is 0.174. The smallest absolute Gasteiger partial charge is 0.356 e. The van der Waals surface area contributed by atoms with Gasteiger partial charge in [-0.3, -0.25) is 0 Å². The van der Waals surface area contributed by atoms with Crippen molar-refractivity contribution < 1.29 is 21.6 Å². The van der Waals surface area contributed by atoms with Gasteiger partial charge in [0, 0.05) is 39.0 Å². The Kier molecular flexibility index (Phi) is 6.81. The molecule has 6 nitrogen and oxygen atoms in total. The van der Waals surface area contributed by atoms with E-state index < -0.39 is 21.8 Å². The Balaban J connectivity index is 1.60. The maximum atomic E-state index is 13.7. The second-order valence-corrected chi connectivity index (χ2v) is 11.8. The SMILES string of the molecule is CN(Cc1ccc(S(C)(=O)=O)cc1)c1cc(N2CCCC3(CCCCC3)C2)nc(C(F)(F)F)n1. The van der Waals surface area contributed by atoms with Gasteiger partial charge in [0.15, 0.2) is 9.84 Å². The van der Waals surface area contributed by atoms with Crippen molar-refractivity contribution in [1.82, 2.24) is 9.97 Å². The zero-order valence-electron chi connectivity index (χ0n) is 19.6. The van der Waals surface area contributed by atoms with Crippen LogP contribution < -0.4 is 9.80 Å². The number of sulfone groups is 1. The monoisotopic (exact) mass is 496 g/mol. The molecular weight excluding hydrogens is 465 g/mol. The molecule has 1 spiro atoms. The van der Waals surface area contributed by atoms with E-state index in [1.165, 1.54) is 31.4 Å². The number of hydrogen-bond donors (Lipinski definition) is 0. The molecule has 34 heavy (non-hydrogen) atoms. The van der Waals surface area contributed by atoms with Crippen LogP contribution in [0.2, 0.25) is 0 Å². The number of aromatic nitrogens is 2. The topological polar surface area (TPSA) is 66.4 Å². The Morgan fingerprint density at radius 2 is 1.68 bits per heavy atom. The molecule has 1 aliphatic carbocycles. The zero-order valence-corrected chi connectivity index (χ0v) is 20.4. The van der Waals surface area contributed by atoms with Gasteiger partial charge in [0.1, 0.15) is 11.6 Å². The van der Waals surface area contributed by atoms with Gasteiger partial charge in [-0.1, -0.05) is 31.4 Å². The summed E-state index contributed by atoms with van der Waals surface area (Å²) < 4.78 is 64.4. The molecule has 0 N–H and O–H groups in total. The summed E-state index contributed by atoms with van der Waals surface area (Å²) in [5, 5.41) is 0. The average molecular weight is 497 g/mol. The van der Waals surface area contributed by atoms with Crippen LogP contribution in [0.3, 0.4) is 0 Å². The van der Waals surface area contributed by atoms with Gasteiger partial charge >= 0.3 is 6.18 Å². The standard InChI is InChI=1S/C24H31F3N4O2S/c1-30(16-18-7-9-19(10-8-18)34(2,32)33)20-15-21(29-22(28-20)24(25,26)27)31-14-6-13-23(17-31)11-4-3-5-12-23/h7-10,15H,3-6,11-14,16-17H2,1-2H3. The minimum Gasteiger partial charge on any atom is -0.356 e. The zero-order chi connectivity index (χ0) is 24.6. The number of benzene rings is 1. The number of halogens is 3. The molecule has 0 unspecified atom stereocenters. The molecule has 186 valence electrons. The van der Waals surface area contributed by atoms with Crippen molar-refractivity contribution >= 4 is 21.5 Å². The third-order valence-electron chi connectivity index (χ3n) is 7.01. The maximum absolute atomic E-state index is 13.7. The largest absolute Gasteiger partial charge is 0.451 e. The van der Waals surface area contributed by atoms with Crippen LogP contribution in [-0.4, -0.2) is 44.8 Å². The fourth-order valence-corrected chi connectivity index (χ4v) is 5.85. The molecule has 2 aliphatic rings. The third-order valence-corrected chi connectivity index (χ3v) is 8.14. The van der Waals surface area contributed by atoms with Gasteiger partial charge in [0.05, 0.1) is 4.90 Å². The quantitative estimate of drug-likeness (QED) is 0.575. The van der Waals surface area contributed by atoms with Crippen molar-refractivity contribution in [2.24, 2.45) is 5.41 Å². The normalized spacial score (nSPS) is 18.8. The molecule has 1 saturated heterocycles. The van der Waals surface area contributed by atoms with E-state index in [1.54, 1.807) is 30.1 Å². The molecule has 0 radical (unpaired) electrons. The van der Waals surface area contributed by atoms with Crippen LogP contribution >= 0.6 is 0 Å². The molecule has 2 fully saturated rings. The van der Waals surface area contributed by atoms with Crippen LogP contribution in [0.1, 0.15) is 56.3 Å². The lowest BCUT2D eigenvalue weighted by molar-refractivity contribution is -0.144. The minimum atomic E-state index is -4.65. The van der Waals surface area contributed by atoms with E-state index in [9.17, 15) is 21.6 Å². The van der Waals surface area contributed by atoms with Gasteiger partial charge in [-0.05, 0) is 48.8 Å².